The van der Waals surface area contributed by atoms with Crippen LogP contribution in [0.15, 0.2) is 71.7 Å². The van der Waals surface area contributed by atoms with E-state index in [1.165, 1.54) is 11.1 Å². The van der Waals surface area contributed by atoms with Gasteiger partial charge in [-0.2, -0.15) is 0 Å². The summed E-state index contributed by atoms with van der Waals surface area (Å²) >= 11 is 6.39. The molecule has 1 nitrogen and oxygen atoms in total. The second-order valence-corrected chi connectivity index (χ2v) is 5.84. The molecule has 2 heteroatoms. The van der Waals surface area contributed by atoms with Gasteiger partial charge in [-0.3, -0.25) is 4.99 Å². The lowest BCUT2D eigenvalue weighted by Crippen LogP contribution is -1.91. The lowest BCUT2D eigenvalue weighted by molar-refractivity contribution is 1.08. The van der Waals surface area contributed by atoms with Crippen LogP contribution >= 0.6 is 11.6 Å². The summed E-state index contributed by atoms with van der Waals surface area (Å²) in [5.41, 5.74) is 5.38. The molecule has 0 N–H and O–H groups in total. The van der Waals surface area contributed by atoms with Crippen molar-refractivity contribution in [2.75, 3.05) is 0 Å². The summed E-state index contributed by atoms with van der Waals surface area (Å²) in [6.07, 6.45) is 1.86. The summed E-state index contributed by atoms with van der Waals surface area (Å²) in [6, 6.07) is 25.5. The van der Waals surface area contributed by atoms with Crippen LogP contribution in [-0.2, 0) is 6.54 Å². The molecule has 0 saturated heterocycles. The molecule has 0 fully saturated rings. The van der Waals surface area contributed by atoms with Crippen molar-refractivity contribution in [1.82, 2.24) is 0 Å². The minimum absolute atomic E-state index is 0.642. The lowest BCUT2D eigenvalue weighted by atomic mass is 9.99. The van der Waals surface area contributed by atoms with E-state index in [-0.39, 0.29) is 0 Å². The Morgan fingerprint density at radius 3 is 2.57 bits per heavy atom. The van der Waals surface area contributed by atoms with Gasteiger partial charge in [-0.05, 0) is 17.2 Å². The van der Waals surface area contributed by atoms with E-state index in [1.807, 2.05) is 42.6 Å². The van der Waals surface area contributed by atoms with E-state index in [9.17, 15) is 0 Å². The fourth-order valence-electron chi connectivity index (χ4n) is 2.40. The van der Waals surface area contributed by atoms with Gasteiger partial charge in [0.2, 0.25) is 0 Å². The molecule has 0 aliphatic heterocycles. The zero-order chi connectivity index (χ0) is 16.1. The topological polar surface area (TPSA) is 12.4 Å². The first-order valence-corrected chi connectivity index (χ1v) is 7.93. The molecular formula is C21H17ClN-. The molecule has 0 aliphatic carbocycles. The van der Waals surface area contributed by atoms with E-state index in [0.717, 1.165) is 16.7 Å². The van der Waals surface area contributed by atoms with Gasteiger partial charge in [0, 0.05) is 11.2 Å². The Kier molecular flexibility index (Phi) is 4.89. The quantitative estimate of drug-likeness (QED) is 0.430. The van der Waals surface area contributed by atoms with Crippen molar-refractivity contribution in [1.29, 1.82) is 0 Å². The Morgan fingerprint density at radius 1 is 1.00 bits per heavy atom. The molecule has 0 atom stereocenters. The number of aliphatic imine (C=N–C) groups is 1. The Balaban J connectivity index is 1.91. The van der Waals surface area contributed by atoms with Gasteiger partial charge >= 0.3 is 0 Å². The smallest absolute Gasteiger partial charge is 0.0639 e. The van der Waals surface area contributed by atoms with Gasteiger partial charge in [0.05, 0.1) is 6.54 Å². The van der Waals surface area contributed by atoms with Crippen LogP contribution in [0.25, 0.3) is 11.1 Å². The average Bonchev–Trinajstić information content (AvgIpc) is 2.58. The van der Waals surface area contributed by atoms with E-state index in [1.54, 1.807) is 0 Å². The largest absolute Gasteiger partial charge is 0.289 e. The molecule has 3 rings (SSSR count). The SMILES string of the molecule is Cc1c[c-]c(-c2cccc(Cl)c2C=NCc2ccccc2)cc1. The molecule has 0 spiro atoms. The summed E-state index contributed by atoms with van der Waals surface area (Å²) < 4.78 is 0. The standard InChI is InChI=1S/C21H17ClN/c1-16-10-12-18(13-11-16)19-8-5-9-21(22)20(19)15-23-14-17-6-3-2-4-7-17/h2-12,15H,14H2,1H3/q-1. The molecule has 0 amide bonds. The summed E-state index contributed by atoms with van der Waals surface area (Å²) in [4.78, 5) is 4.55. The fraction of sp³-hybridized carbons (Fsp3) is 0.0952. The normalized spacial score (nSPS) is 11.0. The highest BCUT2D eigenvalue weighted by Crippen LogP contribution is 2.28. The first-order valence-electron chi connectivity index (χ1n) is 7.55. The maximum atomic E-state index is 6.39. The van der Waals surface area contributed by atoms with Crippen LogP contribution in [0.3, 0.4) is 0 Å². The van der Waals surface area contributed by atoms with Gasteiger partial charge < -0.3 is 0 Å². The van der Waals surface area contributed by atoms with Gasteiger partial charge in [0.25, 0.3) is 0 Å². The van der Waals surface area contributed by atoms with Gasteiger partial charge in [0.1, 0.15) is 0 Å². The van der Waals surface area contributed by atoms with Crippen molar-refractivity contribution in [3.05, 3.63) is 94.5 Å². The molecule has 23 heavy (non-hydrogen) atoms. The number of aryl methyl sites for hydroxylation is 1. The molecule has 0 saturated carbocycles. The highest BCUT2D eigenvalue weighted by molar-refractivity contribution is 6.33. The van der Waals surface area contributed by atoms with Crippen molar-refractivity contribution in [3.63, 3.8) is 0 Å². The number of halogens is 1. The molecule has 0 heterocycles. The van der Waals surface area contributed by atoms with Crippen LogP contribution in [0.4, 0.5) is 0 Å². The third kappa shape index (κ3) is 3.88. The van der Waals surface area contributed by atoms with Crippen LogP contribution in [0.1, 0.15) is 16.7 Å². The van der Waals surface area contributed by atoms with Crippen LogP contribution in [0.5, 0.6) is 0 Å². The van der Waals surface area contributed by atoms with Crippen molar-refractivity contribution in [2.24, 2.45) is 4.99 Å². The summed E-state index contributed by atoms with van der Waals surface area (Å²) in [5.74, 6) is 0. The second kappa shape index (κ2) is 7.26. The minimum atomic E-state index is 0.642. The molecule has 3 aromatic rings. The van der Waals surface area contributed by atoms with Crippen LogP contribution in [0, 0.1) is 13.0 Å². The van der Waals surface area contributed by atoms with Crippen molar-refractivity contribution >= 4 is 17.8 Å². The minimum Gasteiger partial charge on any atom is -0.289 e. The number of rotatable bonds is 4. The van der Waals surface area contributed by atoms with E-state index >= 15 is 0 Å². The zero-order valence-electron chi connectivity index (χ0n) is 13.0. The predicted molar refractivity (Wildman–Crippen MR) is 98.2 cm³/mol. The van der Waals surface area contributed by atoms with E-state index in [4.69, 9.17) is 11.6 Å². The van der Waals surface area contributed by atoms with Crippen molar-refractivity contribution in [3.8, 4) is 11.1 Å². The fourth-order valence-corrected chi connectivity index (χ4v) is 2.62. The molecule has 0 aliphatic rings. The zero-order valence-corrected chi connectivity index (χ0v) is 13.7. The highest BCUT2D eigenvalue weighted by Gasteiger charge is 2.02. The second-order valence-electron chi connectivity index (χ2n) is 5.44. The first kappa shape index (κ1) is 15.5. The Hall–Kier alpha value is -2.38. The van der Waals surface area contributed by atoms with Gasteiger partial charge in [0.15, 0.2) is 0 Å². The van der Waals surface area contributed by atoms with Gasteiger partial charge in [-0.1, -0.05) is 66.6 Å². The van der Waals surface area contributed by atoms with E-state index in [0.29, 0.717) is 11.6 Å². The molecule has 0 aromatic heterocycles. The molecule has 3 aromatic carbocycles. The maximum absolute atomic E-state index is 6.39. The molecule has 0 unspecified atom stereocenters. The van der Waals surface area contributed by atoms with Crippen molar-refractivity contribution < 1.29 is 0 Å². The van der Waals surface area contributed by atoms with Crippen LogP contribution in [0.2, 0.25) is 5.02 Å². The predicted octanol–water partition coefficient (Wildman–Crippen LogP) is 5.73. The summed E-state index contributed by atoms with van der Waals surface area (Å²) in [5, 5.41) is 0.702. The van der Waals surface area contributed by atoms with Crippen LogP contribution in [-0.4, -0.2) is 6.21 Å². The Morgan fingerprint density at radius 2 is 1.83 bits per heavy atom. The summed E-state index contributed by atoms with van der Waals surface area (Å²) in [7, 11) is 0. The molecule has 0 radical (unpaired) electrons. The number of benzene rings is 3. The monoisotopic (exact) mass is 318 g/mol. The number of hydrogen-bond donors (Lipinski definition) is 0. The lowest BCUT2D eigenvalue weighted by Gasteiger charge is -2.15. The van der Waals surface area contributed by atoms with Gasteiger partial charge in [-0.15, -0.1) is 35.4 Å². The molecule has 114 valence electrons. The third-order valence-corrected chi connectivity index (χ3v) is 3.98. The van der Waals surface area contributed by atoms with E-state index < -0.39 is 0 Å². The molecular weight excluding hydrogens is 302 g/mol. The highest BCUT2D eigenvalue weighted by atomic mass is 35.5. The van der Waals surface area contributed by atoms with Gasteiger partial charge in [-0.25, -0.2) is 0 Å². The Bertz CT molecular complexity index is 805. The van der Waals surface area contributed by atoms with E-state index in [2.05, 4.69) is 48.3 Å². The third-order valence-electron chi connectivity index (χ3n) is 3.65. The number of hydrogen-bond acceptors (Lipinski definition) is 1. The van der Waals surface area contributed by atoms with Crippen molar-refractivity contribution in [2.45, 2.75) is 13.5 Å². The van der Waals surface area contributed by atoms with Crippen LogP contribution < -0.4 is 0 Å². The maximum Gasteiger partial charge on any atom is 0.0639 e. The average molecular weight is 319 g/mol. The first-order chi connectivity index (χ1) is 11.2. The molecule has 0 bridgehead atoms. The summed E-state index contributed by atoms with van der Waals surface area (Å²) in [6.45, 7) is 2.70. The number of nitrogens with zero attached hydrogens (tertiary/aromatic N) is 1. The Labute approximate surface area is 142 Å².